The average Bonchev–Trinajstić information content (AvgIpc) is 3.15. The van der Waals surface area contributed by atoms with Gasteiger partial charge in [0, 0.05) is 37.6 Å². The molecule has 2 heterocycles. The zero-order chi connectivity index (χ0) is 19.5. The Bertz CT molecular complexity index is 942. The lowest BCUT2D eigenvalue weighted by Crippen LogP contribution is -2.48. The summed E-state index contributed by atoms with van der Waals surface area (Å²) >= 11 is 0. The molecule has 1 aromatic heterocycles. The lowest BCUT2D eigenvalue weighted by molar-refractivity contribution is 0.0740. The topological polar surface area (TPSA) is 50.6 Å². The van der Waals surface area contributed by atoms with Crippen LogP contribution in [0.5, 0.6) is 5.75 Å². The van der Waals surface area contributed by atoms with E-state index in [1.807, 2.05) is 60.4 Å². The first-order chi connectivity index (χ1) is 13.7. The van der Waals surface area contributed by atoms with Crippen LogP contribution in [0.2, 0.25) is 0 Å². The molecule has 0 spiro atoms. The maximum absolute atomic E-state index is 13.0. The van der Waals surface area contributed by atoms with Crippen LogP contribution in [-0.2, 0) is 0 Å². The van der Waals surface area contributed by atoms with Crippen molar-refractivity contribution in [1.29, 1.82) is 0 Å². The lowest BCUT2D eigenvalue weighted by Gasteiger charge is -2.35. The van der Waals surface area contributed by atoms with Crippen molar-refractivity contribution in [2.45, 2.75) is 6.92 Å². The van der Waals surface area contributed by atoms with Crippen molar-refractivity contribution >= 4 is 11.6 Å². The fourth-order valence-corrected chi connectivity index (χ4v) is 3.53. The van der Waals surface area contributed by atoms with Gasteiger partial charge in [0.25, 0.3) is 5.91 Å². The van der Waals surface area contributed by atoms with E-state index in [-0.39, 0.29) is 5.91 Å². The van der Waals surface area contributed by atoms with E-state index >= 15 is 0 Å². The van der Waals surface area contributed by atoms with Gasteiger partial charge in [-0.2, -0.15) is 5.10 Å². The number of rotatable bonds is 4. The van der Waals surface area contributed by atoms with Crippen LogP contribution in [0.3, 0.4) is 0 Å². The third-order valence-corrected chi connectivity index (χ3v) is 5.11. The molecule has 144 valence electrons. The first-order valence-corrected chi connectivity index (χ1v) is 9.46. The minimum absolute atomic E-state index is 0.0110. The standard InChI is InChI=1S/C22H24N4O2/c1-17-16-21(23-26(17)19-8-10-20(28-2)11-9-19)22(27)25-14-12-24(13-15-25)18-6-4-3-5-7-18/h3-11,16H,12-15H2,1-2H3. The second-order valence-corrected chi connectivity index (χ2v) is 6.90. The molecule has 4 rings (SSSR count). The van der Waals surface area contributed by atoms with Crippen LogP contribution in [-0.4, -0.2) is 53.9 Å². The molecule has 1 saturated heterocycles. The molecule has 1 aliphatic rings. The molecule has 3 aromatic rings. The molecule has 0 atom stereocenters. The Morgan fingerprint density at radius 3 is 2.25 bits per heavy atom. The first-order valence-electron chi connectivity index (χ1n) is 9.46. The quantitative estimate of drug-likeness (QED) is 0.702. The Morgan fingerprint density at radius 2 is 1.61 bits per heavy atom. The van der Waals surface area contributed by atoms with E-state index in [4.69, 9.17) is 4.74 Å². The number of ether oxygens (including phenoxy) is 1. The van der Waals surface area contributed by atoms with Crippen LogP contribution >= 0.6 is 0 Å². The van der Waals surface area contributed by atoms with Crippen molar-refractivity contribution in [2.24, 2.45) is 0 Å². The van der Waals surface area contributed by atoms with Gasteiger partial charge in [-0.05, 0) is 49.4 Å². The summed E-state index contributed by atoms with van der Waals surface area (Å²) in [7, 11) is 1.64. The predicted octanol–water partition coefficient (Wildman–Crippen LogP) is 3.15. The molecule has 6 nitrogen and oxygen atoms in total. The molecule has 6 heteroatoms. The van der Waals surface area contributed by atoms with Gasteiger partial charge in [-0.3, -0.25) is 4.79 Å². The Labute approximate surface area is 164 Å². The molecule has 28 heavy (non-hydrogen) atoms. The zero-order valence-electron chi connectivity index (χ0n) is 16.2. The number of hydrogen-bond acceptors (Lipinski definition) is 4. The SMILES string of the molecule is COc1ccc(-n2nc(C(=O)N3CCN(c4ccccc4)CC3)cc2C)cc1. The number of amides is 1. The Kier molecular flexibility index (Phi) is 5.02. The molecule has 0 radical (unpaired) electrons. The summed E-state index contributed by atoms with van der Waals surface area (Å²) in [5.74, 6) is 0.782. The minimum atomic E-state index is -0.0110. The van der Waals surface area contributed by atoms with E-state index < -0.39 is 0 Å². The summed E-state index contributed by atoms with van der Waals surface area (Å²) in [4.78, 5) is 17.2. The molecule has 0 saturated carbocycles. The number of carbonyl (C=O) groups is 1. The number of piperazine rings is 1. The highest BCUT2D eigenvalue weighted by molar-refractivity contribution is 5.92. The van der Waals surface area contributed by atoms with E-state index in [1.165, 1.54) is 5.69 Å². The van der Waals surface area contributed by atoms with Gasteiger partial charge in [0.2, 0.25) is 0 Å². The van der Waals surface area contributed by atoms with E-state index in [1.54, 1.807) is 11.8 Å². The van der Waals surface area contributed by atoms with E-state index in [0.717, 1.165) is 30.2 Å². The molecule has 1 fully saturated rings. The number of nitrogens with zero attached hydrogens (tertiary/aromatic N) is 4. The summed E-state index contributed by atoms with van der Waals surface area (Å²) in [6, 6.07) is 19.8. The molecule has 1 amide bonds. The number of aryl methyl sites for hydroxylation is 1. The maximum Gasteiger partial charge on any atom is 0.274 e. The van der Waals surface area contributed by atoms with Crippen LogP contribution in [0.4, 0.5) is 5.69 Å². The highest BCUT2D eigenvalue weighted by Gasteiger charge is 2.24. The average molecular weight is 376 g/mol. The Morgan fingerprint density at radius 1 is 0.929 bits per heavy atom. The van der Waals surface area contributed by atoms with Gasteiger partial charge >= 0.3 is 0 Å². The zero-order valence-corrected chi connectivity index (χ0v) is 16.2. The number of hydrogen-bond donors (Lipinski definition) is 0. The smallest absolute Gasteiger partial charge is 0.274 e. The molecule has 2 aromatic carbocycles. The van der Waals surface area contributed by atoms with Gasteiger partial charge in [-0.25, -0.2) is 4.68 Å². The second-order valence-electron chi connectivity index (χ2n) is 6.90. The molecule has 0 bridgehead atoms. The van der Waals surface area contributed by atoms with E-state index in [0.29, 0.717) is 18.8 Å². The van der Waals surface area contributed by atoms with Gasteiger partial charge in [0.1, 0.15) is 5.75 Å². The summed E-state index contributed by atoms with van der Waals surface area (Å²) in [5.41, 5.74) is 3.53. The number of carbonyl (C=O) groups excluding carboxylic acids is 1. The summed E-state index contributed by atoms with van der Waals surface area (Å²) < 4.78 is 7.00. The van der Waals surface area contributed by atoms with Gasteiger partial charge in [0.15, 0.2) is 5.69 Å². The lowest BCUT2D eigenvalue weighted by atomic mass is 10.2. The van der Waals surface area contributed by atoms with Crippen LogP contribution in [0.25, 0.3) is 5.69 Å². The summed E-state index contributed by atoms with van der Waals surface area (Å²) in [6.07, 6.45) is 0. The van der Waals surface area contributed by atoms with E-state index in [9.17, 15) is 4.79 Å². The monoisotopic (exact) mass is 376 g/mol. The third kappa shape index (κ3) is 3.58. The molecule has 0 unspecified atom stereocenters. The van der Waals surface area contributed by atoms with Crippen molar-refractivity contribution in [1.82, 2.24) is 14.7 Å². The summed E-state index contributed by atoms with van der Waals surface area (Å²) in [6.45, 7) is 5.01. The van der Waals surface area contributed by atoms with Crippen molar-refractivity contribution in [3.8, 4) is 11.4 Å². The van der Waals surface area contributed by atoms with Crippen molar-refractivity contribution in [2.75, 3.05) is 38.2 Å². The molecule has 0 aliphatic carbocycles. The fraction of sp³-hybridized carbons (Fsp3) is 0.273. The number of para-hydroxylation sites is 1. The Hall–Kier alpha value is -3.28. The fourth-order valence-electron chi connectivity index (χ4n) is 3.53. The molecule has 1 aliphatic heterocycles. The number of benzene rings is 2. The molecular weight excluding hydrogens is 352 g/mol. The highest BCUT2D eigenvalue weighted by atomic mass is 16.5. The van der Waals surface area contributed by atoms with Gasteiger partial charge in [0.05, 0.1) is 12.8 Å². The van der Waals surface area contributed by atoms with Crippen LogP contribution in [0.15, 0.2) is 60.7 Å². The largest absolute Gasteiger partial charge is 0.497 e. The summed E-state index contributed by atoms with van der Waals surface area (Å²) in [5, 5.41) is 4.56. The van der Waals surface area contributed by atoms with Crippen molar-refractivity contribution < 1.29 is 9.53 Å². The van der Waals surface area contributed by atoms with Crippen LogP contribution in [0, 0.1) is 6.92 Å². The van der Waals surface area contributed by atoms with Crippen LogP contribution in [0.1, 0.15) is 16.2 Å². The predicted molar refractivity (Wildman–Crippen MR) is 109 cm³/mol. The van der Waals surface area contributed by atoms with Crippen molar-refractivity contribution in [3.63, 3.8) is 0 Å². The van der Waals surface area contributed by atoms with Gasteiger partial charge < -0.3 is 14.5 Å². The van der Waals surface area contributed by atoms with E-state index in [2.05, 4.69) is 22.1 Å². The number of aromatic nitrogens is 2. The Balaban J connectivity index is 1.45. The maximum atomic E-state index is 13.0. The van der Waals surface area contributed by atoms with Gasteiger partial charge in [-0.1, -0.05) is 18.2 Å². The highest BCUT2D eigenvalue weighted by Crippen LogP contribution is 2.19. The normalized spacial score (nSPS) is 14.2. The first kappa shape index (κ1) is 18.1. The van der Waals surface area contributed by atoms with Gasteiger partial charge in [-0.15, -0.1) is 0 Å². The minimum Gasteiger partial charge on any atom is -0.497 e. The number of anilines is 1. The van der Waals surface area contributed by atoms with Crippen molar-refractivity contribution in [3.05, 3.63) is 72.1 Å². The third-order valence-electron chi connectivity index (χ3n) is 5.11. The molecular formula is C22H24N4O2. The van der Waals surface area contributed by atoms with Crippen LogP contribution < -0.4 is 9.64 Å². The number of methoxy groups -OCH3 is 1. The molecule has 0 N–H and O–H groups in total. The second kappa shape index (κ2) is 7.76.